The Kier molecular flexibility index (Phi) is 5.56. The number of nitrogens with zero attached hydrogens (tertiary/aromatic N) is 5. The van der Waals surface area contributed by atoms with E-state index < -0.39 is 14.9 Å². The summed E-state index contributed by atoms with van der Waals surface area (Å²) in [5.41, 5.74) is 1.15. The molecule has 1 saturated heterocycles. The fourth-order valence-corrected chi connectivity index (χ4v) is 5.64. The van der Waals surface area contributed by atoms with Gasteiger partial charge in [-0.25, -0.2) is 8.42 Å². The van der Waals surface area contributed by atoms with Crippen molar-refractivity contribution in [2.45, 2.75) is 4.90 Å². The molecule has 3 aromatic rings. The van der Waals surface area contributed by atoms with Crippen LogP contribution in [0.15, 0.2) is 41.3 Å². The van der Waals surface area contributed by atoms with Gasteiger partial charge in [0.1, 0.15) is 21.6 Å². The molecule has 13 heteroatoms. The normalized spacial score (nSPS) is 15.2. The van der Waals surface area contributed by atoms with Gasteiger partial charge in [0.25, 0.3) is 11.6 Å². The lowest BCUT2D eigenvalue weighted by Gasteiger charge is -2.34. The summed E-state index contributed by atoms with van der Waals surface area (Å²) in [6, 6.07) is 9.05. The molecule has 1 amide bonds. The zero-order valence-corrected chi connectivity index (χ0v) is 18.0. The summed E-state index contributed by atoms with van der Waals surface area (Å²) in [6.07, 6.45) is 0. The molecule has 0 radical (unpaired) electrons. The number of hydrogen-bond acceptors (Lipinski definition) is 9. The number of amides is 1. The Balaban J connectivity index is 1.51. The first-order valence-corrected chi connectivity index (χ1v) is 11.5. The van der Waals surface area contributed by atoms with Gasteiger partial charge in [0.05, 0.1) is 16.7 Å². The highest BCUT2D eigenvalue weighted by Gasteiger charge is 2.32. The Bertz CT molecular complexity index is 1270. The Hall–Kier alpha value is -3.16. The number of aromatic nitrogens is 2. The lowest BCUT2D eigenvalue weighted by molar-refractivity contribution is -0.384. The molecule has 31 heavy (non-hydrogen) atoms. The zero-order valence-electron chi connectivity index (χ0n) is 16.4. The van der Waals surface area contributed by atoms with Crippen LogP contribution in [0.5, 0.6) is 0 Å². The third-order valence-corrected chi connectivity index (χ3v) is 7.58. The van der Waals surface area contributed by atoms with Crippen LogP contribution in [0.1, 0.15) is 10.4 Å². The van der Waals surface area contributed by atoms with E-state index in [0.29, 0.717) is 16.7 Å². The van der Waals surface area contributed by atoms with Crippen LogP contribution >= 0.6 is 11.7 Å². The summed E-state index contributed by atoms with van der Waals surface area (Å²) in [6.45, 7) is 0.563. The van der Waals surface area contributed by atoms with Gasteiger partial charge in [-0.2, -0.15) is 13.1 Å². The maximum atomic E-state index is 13.1. The first-order chi connectivity index (χ1) is 14.8. The van der Waals surface area contributed by atoms with Gasteiger partial charge >= 0.3 is 0 Å². The molecule has 162 valence electrons. The number of nitrogens with one attached hydrogen (secondary N) is 1. The number of sulfonamides is 1. The minimum Gasteiger partial charge on any atom is -0.383 e. The number of anilines is 1. The molecule has 1 aromatic heterocycles. The number of benzene rings is 2. The lowest BCUT2D eigenvalue weighted by Crippen LogP contribution is -2.50. The van der Waals surface area contributed by atoms with Gasteiger partial charge in [-0.3, -0.25) is 14.9 Å². The van der Waals surface area contributed by atoms with E-state index in [1.54, 1.807) is 19.2 Å². The van der Waals surface area contributed by atoms with E-state index in [0.717, 1.165) is 11.7 Å². The third-order valence-electron chi connectivity index (χ3n) is 5.10. The first kappa shape index (κ1) is 21.1. The summed E-state index contributed by atoms with van der Waals surface area (Å²) in [7, 11) is -2.24. The van der Waals surface area contributed by atoms with Crippen LogP contribution in [0.4, 0.5) is 11.4 Å². The standard InChI is InChI=1S/C18H18N6O5S2/c1-19-13-6-5-12(11-15(13)24(26)27)18(25)22-7-9-23(10-8-22)31(28,29)16-4-2-3-14-17(16)21-30-20-14/h2-6,11,19H,7-10H2,1H3. The second-order valence-corrected chi connectivity index (χ2v) is 9.26. The number of rotatable bonds is 5. The molecule has 0 aliphatic carbocycles. The molecule has 0 bridgehead atoms. The van der Waals surface area contributed by atoms with E-state index in [1.165, 1.54) is 33.5 Å². The van der Waals surface area contributed by atoms with Gasteiger partial charge in [-0.05, 0) is 24.3 Å². The topological polar surface area (TPSA) is 139 Å². The van der Waals surface area contributed by atoms with E-state index >= 15 is 0 Å². The van der Waals surface area contributed by atoms with E-state index in [2.05, 4.69) is 14.1 Å². The summed E-state index contributed by atoms with van der Waals surface area (Å²) in [4.78, 5) is 25.1. The van der Waals surface area contributed by atoms with Crippen molar-refractivity contribution in [2.75, 3.05) is 38.5 Å². The Morgan fingerprint density at radius 3 is 2.58 bits per heavy atom. The van der Waals surface area contributed by atoms with Gasteiger partial charge in [0, 0.05) is 44.9 Å². The van der Waals surface area contributed by atoms with Gasteiger partial charge in [0.15, 0.2) is 0 Å². The van der Waals surface area contributed by atoms with Crippen molar-refractivity contribution in [1.29, 1.82) is 0 Å². The molecule has 0 unspecified atom stereocenters. The monoisotopic (exact) mass is 462 g/mol. The zero-order chi connectivity index (χ0) is 22.2. The van der Waals surface area contributed by atoms with Gasteiger partial charge in [0.2, 0.25) is 10.0 Å². The van der Waals surface area contributed by atoms with Gasteiger partial charge in [-0.1, -0.05) is 6.07 Å². The summed E-state index contributed by atoms with van der Waals surface area (Å²) in [5.74, 6) is -0.381. The average molecular weight is 463 g/mol. The van der Waals surface area contributed by atoms with Gasteiger partial charge in [-0.15, -0.1) is 0 Å². The molecule has 11 nitrogen and oxygen atoms in total. The lowest BCUT2D eigenvalue weighted by atomic mass is 10.1. The molecular weight excluding hydrogens is 444 g/mol. The van der Waals surface area contributed by atoms with Crippen molar-refractivity contribution >= 4 is 50.1 Å². The molecule has 2 heterocycles. The Morgan fingerprint density at radius 1 is 1.16 bits per heavy atom. The number of piperazine rings is 1. The molecular formula is C18H18N6O5S2. The highest BCUT2D eigenvalue weighted by molar-refractivity contribution is 7.89. The molecule has 0 spiro atoms. The average Bonchev–Trinajstić information content (AvgIpc) is 3.27. The highest BCUT2D eigenvalue weighted by atomic mass is 32.2. The molecule has 2 aromatic carbocycles. The second kappa shape index (κ2) is 8.17. The number of nitro groups is 1. The van der Waals surface area contributed by atoms with Crippen LogP contribution in [0.2, 0.25) is 0 Å². The third kappa shape index (κ3) is 3.82. The van der Waals surface area contributed by atoms with Crippen LogP contribution in [-0.4, -0.2) is 70.4 Å². The van der Waals surface area contributed by atoms with Gasteiger partial charge < -0.3 is 10.2 Å². The molecule has 1 aliphatic heterocycles. The maximum absolute atomic E-state index is 13.1. The van der Waals surface area contributed by atoms with Crippen molar-refractivity contribution in [3.8, 4) is 0 Å². The first-order valence-electron chi connectivity index (χ1n) is 9.30. The van der Waals surface area contributed by atoms with Crippen LogP contribution in [-0.2, 0) is 10.0 Å². The molecule has 1 fully saturated rings. The van der Waals surface area contributed by atoms with Crippen molar-refractivity contribution < 1.29 is 18.1 Å². The van der Waals surface area contributed by atoms with E-state index in [1.807, 2.05) is 0 Å². The molecule has 4 rings (SSSR count). The SMILES string of the molecule is CNc1ccc(C(=O)N2CCN(S(=O)(=O)c3cccc4nsnc34)CC2)cc1[N+](=O)[O-]. The Labute approximate surface area is 181 Å². The largest absolute Gasteiger partial charge is 0.383 e. The summed E-state index contributed by atoms with van der Waals surface area (Å²) in [5, 5.41) is 14.0. The van der Waals surface area contributed by atoms with Crippen molar-refractivity contribution in [2.24, 2.45) is 0 Å². The highest BCUT2D eigenvalue weighted by Crippen LogP contribution is 2.27. The predicted molar refractivity (Wildman–Crippen MR) is 115 cm³/mol. The summed E-state index contributed by atoms with van der Waals surface area (Å²) < 4.78 is 35.7. The van der Waals surface area contributed by atoms with Crippen LogP contribution in [0.25, 0.3) is 11.0 Å². The fourth-order valence-electron chi connectivity index (χ4n) is 3.47. The summed E-state index contributed by atoms with van der Waals surface area (Å²) >= 11 is 0.949. The van der Waals surface area contributed by atoms with E-state index in [9.17, 15) is 23.3 Å². The number of nitro benzene ring substituents is 1. The van der Waals surface area contributed by atoms with Crippen LogP contribution in [0, 0.1) is 10.1 Å². The minimum absolute atomic E-state index is 0.0943. The molecule has 1 aliphatic rings. The van der Waals surface area contributed by atoms with Crippen molar-refractivity contribution in [3.05, 3.63) is 52.1 Å². The number of carbonyl (C=O) groups is 1. The van der Waals surface area contributed by atoms with Crippen LogP contribution in [0.3, 0.4) is 0 Å². The number of carbonyl (C=O) groups excluding carboxylic acids is 1. The molecule has 0 atom stereocenters. The van der Waals surface area contributed by atoms with E-state index in [-0.39, 0.29) is 48.2 Å². The van der Waals surface area contributed by atoms with Crippen molar-refractivity contribution in [3.63, 3.8) is 0 Å². The Morgan fingerprint density at radius 2 is 1.90 bits per heavy atom. The predicted octanol–water partition coefficient (Wildman–Crippen LogP) is 1.79. The molecule has 1 N–H and O–H groups in total. The van der Waals surface area contributed by atoms with Crippen molar-refractivity contribution in [1.82, 2.24) is 18.0 Å². The number of fused-ring (bicyclic) bond motifs is 1. The minimum atomic E-state index is -3.80. The van der Waals surface area contributed by atoms with E-state index in [4.69, 9.17) is 0 Å². The number of hydrogen-bond donors (Lipinski definition) is 1. The second-order valence-electron chi connectivity index (χ2n) is 6.82. The molecule has 0 saturated carbocycles. The fraction of sp³-hybridized carbons (Fsp3) is 0.278. The quantitative estimate of drug-likeness (QED) is 0.447. The smallest absolute Gasteiger partial charge is 0.293 e. The maximum Gasteiger partial charge on any atom is 0.293 e. The van der Waals surface area contributed by atoms with Crippen LogP contribution < -0.4 is 5.32 Å².